The second-order valence-electron chi connectivity index (χ2n) is 6.28. The number of benzene rings is 1. The molecule has 3 rings (SSSR count). The number of amides is 1. The molecule has 1 atom stereocenters. The molecular formula is C20H22N2O3S. The van der Waals surface area contributed by atoms with E-state index < -0.39 is 5.97 Å². The number of piperidine rings is 1. The Kier molecular flexibility index (Phi) is 6.28. The summed E-state index contributed by atoms with van der Waals surface area (Å²) < 4.78 is 5.29. The van der Waals surface area contributed by atoms with Gasteiger partial charge in [-0.2, -0.15) is 0 Å². The van der Waals surface area contributed by atoms with E-state index in [1.807, 2.05) is 37.3 Å². The summed E-state index contributed by atoms with van der Waals surface area (Å²) in [5.41, 5.74) is 0.376. The summed E-state index contributed by atoms with van der Waals surface area (Å²) in [4.78, 5) is 31.9. The summed E-state index contributed by atoms with van der Waals surface area (Å²) in [6.45, 7) is 2.54. The minimum absolute atomic E-state index is 0.133. The van der Waals surface area contributed by atoms with Crippen molar-refractivity contribution in [3.05, 3.63) is 54.2 Å². The van der Waals surface area contributed by atoms with Crippen LogP contribution in [-0.2, 0) is 9.53 Å². The average molecular weight is 370 g/mol. The van der Waals surface area contributed by atoms with E-state index in [1.165, 1.54) is 11.8 Å². The fourth-order valence-electron chi connectivity index (χ4n) is 2.98. The second kappa shape index (κ2) is 8.85. The van der Waals surface area contributed by atoms with Gasteiger partial charge in [0.1, 0.15) is 5.03 Å². The van der Waals surface area contributed by atoms with Crippen molar-refractivity contribution in [3.63, 3.8) is 0 Å². The highest BCUT2D eigenvalue weighted by atomic mass is 32.2. The fourth-order valence-corrected chi connectivity index (χ4v) is 3.88. The Balaban J connectivity index is 1.64. The quantitative estimate of drug-likeness (QED) is 0.750. The van der Waals surface area contributed by atoms with E-state index >= 15 is 0 Å². The SMILES string of the molecule is CC1CCCCN1C(=O)COC(=O)c1cccnc1Sc1ccccc1. The summed E-state index contributed by atoms with van der Waals surface area (Å²) in [7, 11) is 0. The van der Waals surface area contributed by atoms with Gasteiger partial charge in [-0.1, -0.05) is 30.0 Å². The monoisotopic (exact) mass is 370 g/mol. The van der Waals surface area contributed by atoms with Crippen LogP contribution in [0.3, 0.4) is 0 Å². The number of esters is 1. The van der Waals surface area contributed by atoms with Gasteiger partial charge in [-0.25, -0.2) is 9.78 Å². The smallest absolute Gasteiger partial charge is 0.341 e. The summed E-state index contributed by atoms with van der Waals surface area (Å²) in [5, 5.41) is 0.572. The van der Waals surface area contributed by atoms with Gasteiger partial charge in [0.05, 0.1) is 5.56 Å². The van der Waals surface area contributed by atoms with E-state index in [-0.39, 0.29) is 18.6 Å². The number of hydrogen-bond acceptors (Lipinski definition) is 5. The van der Waals surface area contributed by atoms with Crippen LogP contribution < -0.4 is 0 Å². The molecule has 26 heavy (non-hydrogen) atoms. The van der Waals surface area contributed by atoms with Crippen LogP contribution in [0.15, 0.2) is 58.6 Å². The van der Waals surface area contributed by atoms with Gasteiger partial charge in [0.2, 0.25) is 0 Å². The lowest BCUT2D eigenvalue weighted by atomic mass is 10.0. The minimum atomic E-state index is -0.519. The molecule has 1 unspecified atom stereocenters. The third-order valence-electron chi connectivity index (χ3n) is 4.40. The molecule has 1 aliphatic heterocycles. The molecule has 1 aromatic heterocycles. The molecule has 0 saturated carbocycles. The zero-order chi connectivity index (χ0) is 18.4. The number of carbonyl (C=O) groups excluding carboxylic acids is 2. The topological polar surface area (TPSA) is 59.5 Å². The van der Waals surface area contributed by atoms with Crippen LogP contribution in [0.25, 0.3) is 0 Å². The molecule has 1 aromatic carbocycles. The number of likely N-dealkylation sites (tertiary alicyclic amines) is 1. The lowest BCUT2D eigenvalue weighted by Crippen LogP contribution is -2.44. The van der Waals surface area contributed by atoms with Crippen molar-refractivity contribution in [1.29, 1.82) is 0 Å². The second-order valence-corrected chi connectivity index (χ2v) is 7.34. The first-order valence-corrected chi connectivity index (χ1v) is 9.61. The van der Waals surface area contributed by atoms with Crippen LogP contribution in [0, 0.1) is 0 Å². The zero-order valence-electron chi connectivity index (χ0n) is 14.8. The highest BCUT2D eigenvalue weighted by Crippen LogP contribution is 2.28. The Labute approximate surface area is 157 Å². The first-order chi connectivity index (χ1) is 12.6. The molecule has 0 spiro atoms. The van der Waals surface area contributed by atoms with Crippen LogP contribution in [0.5, 0.6) is 0 Å². The summed E-state index contributed by atoms with van der Waals surface area (Å²) in [6.07, 6.45) is 4.79. The van der Waals surface area contributed by atoms with Gasteiger partial charge >= 0.3 is 5.97 Å². The normalized spacial score (nSPS) is 17.0. The molecule has 1 amide bonds. The summed E-state index contributed by atoms with van der Waals surface area (Å²) in [5.74, 6) is -0.652. The molecule has 5 nitrogen and oxygen atoms in total. The Hall–Kier alpha value is -2.34. The van der Waals surface area contributed by atoms with Crippen LogP contribution in [0.2, 0.25) is 0 Å². The Bertz CT molecular complexity index is 767. The lowest BCUT2D eigenvalue weighted by Gasteiger charge is -2.33. The summed E-state index contributed by atoms with van der Waals surface area (Å²) in [6, 6.07) is 13.3. The number of rotatable bonds is 5. The maximum Gasteiger partial charge on any atom is 0.341 e. The lowest BCUT2D eigenvalue weighted by molar-refractivity contribution is -0.137. The molecule has 1 fully saturated rings. The van der Waals surface area contributed by atoms with E-state index in [1.54, 1.807) is 23.2 Å². The predicted octanol–water partition coefficient (Wildman–Crippen LogP) is 3.79. The highest BCUT2D eigenvalue weighted by molar-refractivity contribution is 7.99. The molecule has 136 valence electrons. The van der Waals surface area contributed by atoms with Crippen molar-refractivity contribution in [3.8, 4) is 0 Å². The Morgan fingerprint density at radius 1 is 1.19 bits per heavy atom. The molecule has 2 heterocycles. The highest BCUT2D eigenvalue weighted by Gasteiger charge is 2.24. The average Bonchev–Trinajstić information content (AvgIpc) is 2.67. The first kappa shape index (κ1) is 18.5. The third-order valence-corrected chi connectivity index (χ3v) is 5.43. The van der Waals surface area contributed by atoms with E-state index in [9.17, 15) is 9.59 Å². The maximum absolute atomic E-state index is 12.5. The van der Waals surface area contributed by atoms with Gasteiger partial charge in [0.25, 0.3) is 5.91 Å². The van der Waals surface area contributed by atoms with Crippen LogP contribution >= 0.6 is 11.8 Å². The molecule has 0 N–H and O–H groups in total. The van der Waals surface area contributed by atoms with Crippen molar-refractivity contribution >= 4 is 23.6 Å². The molecule has 1 aliphatic rings. The molecule has 0 radical (unpaired) electrons. The molecule has 1 saturated heterocycles. The van der Waals surface area contributed by atoms with Gasteiger partial charge in [-0.05, 0) is 50.5 Å². The van der Waals surface area contributed by atoms with Gasteiger partial charge < -0.3 is 9.64 Å². The minimum Gasteiger partial charge on any atom is -0.452 e. The van der Waals surface area contributed by atoms with E-state index in [4.69, 9.17) is 4.74 Å². The third kappa shape index (κ3) is 4.64. The summed E-state index contributed by atoms with van der Waals surface area (Å²) >= 11 is 1.40. The Morgan fingerprint density at radius 3 is 2.77 bits per heavy atom. The molecule has 0 aliphatic carbocycles. The first-order valence-electron chi connectivity index (χ1n) is 8.79. The number of ether oxygens (including phenoxy) is 1. The Morgan fingerprint density at radius 2 is 2.00 bits per heavy atom. The molecule has 2 aromatic rings. The number of nitrogens with zero attached hydrogens (tertiary/aromatic N) is 2. The molecule has 0 bridgehead atoms. The van der Waals surface area contributed by atoms with Gasteiger partial charge in [0, 0.05) is 23.7 Å². The fraction of sp³-hybridized carbons (Fsp3) is 0.350. The van der Waals surface area contributed by atoms with E-state index in [0.717, 1.165) is 30.7 Å². The predicted molar refractivity (Wildman–Crippen MR) is 100 cm³/mol. The molecular weight excluding hydrogens is 348 g/mol. The number of aromatic nitrogens is 1. The van der Waals surface area contributed by atoms with Crippen LogP contribution in [0.4, 0.5) is 0 Å². The van der Waals surface area contributed by atoms with Crippen LogP contribution in [-0.4, -0.2) is 41.0 Å². The van der Waals surface area contributed by atoms with Crippen molar-refractivity contribution in [2.24, 2.45) is 0 Å². The van der Waals surface area contributed by atoms with Gasteiger partial charge in [0.15, 0.2) is 6.61 Å². The van der Waals surface area contributed by atoms with Crippen molar-refractivity contribution in [2.45, 2.75) is 42.1 Å². The standard InChI is InChI=1S/C20H22N2O3S/c1-15-8-5-6-13-22(15)18(23)14-25-20(24)17-11-7-12-21-19(17)26-16-9-3-2-4-10-16/h2-4,7,9-12,15H,5-6,8,13-14H2,1H3. The van der Waals surface area contributed by atoms with Crippen molar-refractivity contribution < 1.29 is 14.3 Å². The zero-order valence-corrected chi connectivity index (χ0v) is 15.6. The van der Waals surface area contributed by atoms with Crippen LogP contribution in [0.1, 0.15) is 36.5 Å². The van der Waals surface area contributed by atoms with Crippen molar-refractivity contribution in [2.75, 3.05) is 13.2 Å². The maximum atomic E-state index is 12.5. The van der Waals surface area contributed by atoms with Gasteiger partial charge in [-0.3, -0.25) is 4.79 Å². The number of hydrogen-bond donors (Lipinski definition) is 0. The number of carbonyl (C=O) groups is 2. The van der Waals surface area contributed by atoms with Gasteiger partial charge in [-0.15, -0.1) is 0 Å². The van der Waals surface area contributed by atoms with E-state index in [0.29, 0.717) is 10.6 Å². The van der Waals surface area contributed by atoms with E-state index in [2.05, 4.69) is 4.98 Å². The molecule has 6 heteroatoms. The number of pyridine rings is 1. The largest absolute Gasteiger partial charge is 0.452 e. The van der Waals surface area contributed by atoms with Crippen molar-refractivity contribution in [1.82, 2.24) is 9.88 Å².